The van der Waals surface area contributed by atoms with Gasteiger partial charge >= 0.3 is 0 Å². The van der Waals surface area contributed by atoms with Crippen LogP contribution < -0.4 is 5.62 Å². The van der Waals surface area contributed by atoms with Crippen LogP contribution >= 0.6 is 17.0 Å². The van der Waals surface area contributed by atoms with E-state index in [1.165, 1.54) is 0 Å². The van der Waals surface area contributed by atoms with E-state index in [0.29, 0.717) is 23.3 Å². The fourth-order valence-corrected chi connectivity index (χ4v) is 3.43. The lowest BCUT2D eigenvalue weighted by Gasteiger charge is -2.18. The van der Waals surface area contributed by atoms with Crippen LogP contribution in [0.5, 0.6) is 0 Å². The standard InChI is InChI=1S/C22H25N5O.BrH/c1-3-25(4-2)13-14-26-19-7-5-6-8-20(19)27(22(26)24)16-21(28)18-11-9-17(15-23)10-12-18;/h5-12,24H,3-4,13-14,16H2,1-2H3;1H. The van der Waals surface area contributed by atoms with Crippen molar-refractivity contribution >= 4 is 33.8 Å². The van der Waals surface area contributed by atoms with Crippen LogP contribution in [0, 0.1) is 16.7 Å². The number of aromatic nitrogens is 2. The topological polar surface area (TPSA) is 77.8 Å². The van der Waals surface area contributed by atoms with Crippen molar-refractivity contribution in [3.8, 4) is 6.07 Å². The fraction of sp³-hybridized carbons (Fsp3) is 0.318. The lowest BCUT2D eigenvalue weighted by atomic mass is 10.1. The molecule has 0 aliphatic heterocycles. The lowest BCUT2D eigenvalue weighted by Crippen LogP contribution is -2.32. The summed E-state index contributed by atoms with van der Waals surface area (Å²) >= 11 is 0. The van der Waals surface area contributed by atoms with E-state index in [0.717, 1.165) is 30.7 Å². The molecule has 1 N–H and O–H groups in total. The van der Waals surface area contributed by atoms with E-state index in [1.54, 1.807) is 28.8 Å². The number of halogens is 1. The van der Waals surface area contributed by atoms with E-state index < -0.39 is 0 Å². The summed E-state index contributed by atoms with van der Waals surface area (Å²) in [6.45, 7) is 7.88. The van der Waals surface area contributed by atoms with Gasteiger partial charge in [-0.2, -0.15) is 5.26 Å². The number of ketones is 1. The Morgan fingerprint density at radius 3 is 2.17 bits per heavy atom. The molecule has 152 valence electrons. The van der Waals surface area contributed by atoms with Crippen LogP contribution in [-0.2, 0) is 13.1 Å². The number of para-hydroxylation sites is 2. The predicted molar refractivity (Wildman–Crippen MR) is 119 cm³/mol. The number of nitrogens with zero attached hydrogens (tertiary/aromatic N) is 4. The van der Waals surface area contributed by atoms with Gasteiger partial charge in [0.05, 0.1) is 29.2 Å². The summed E-state index contributed by atoms with van der Waals surface area (Å²) in [7, 11) is 0. The first-order chi connectivity index (χ1) is 13.6. The van der Waals surface area contributed by atoms with Gasteiger partial charge in [0.2, 0.25) is 5.62 Å². The highest BCUT2D eigenvalue weighted by atomic mass is 79.9. The summed E-state index contributed by atoms with van der Waals surface area (Å²) in [4.78, 5) is 15.1. The fourth-order valence-electron chi connectivity index (χ4n) is 3.43. The first-order valence-corrected chi connectivity index (χ1v) is 9.57. The van der Waals surface area contributed by atoms with E-state index in [9.17, 15) is 4.79 Å². The van der Waals surface area contributed by atoms with Gasteiger partial charge in [-0.1, -0.05) is 38.1 Å². The maximum atomic E-state index is 12.8. The third kappa shape index (κ3) is 4.84. The Morgan fingerprint density at radius 1 is 1.03 bits per heavy atom. The van der Waals surface area contributed by atoms with Crippen molar-refractivity contribution in [3.05, 3.63) is 65.3 Å². The summed E-state index contributed by atoms with van der Waals surface area (Å²) in [6, 6.07) is 16.5. The average molecular weight is 456 g/mol. The molecule has 6 nitrogen and oxygen atoms in total. The minimum atomic E-state index is -0.0744. The molecule has 1 heterocycles. The van der Waals surface area contributed by atoms with Crippen molar-refractivity contribution in [2.24, 2.45) is 0 Å². The van der Waals surface area contributed by atoms with Crippen molar-refractivity contribution < 1.29 is 4.79 Å². The van der Waals surface area contributed by atoms with Crippen molar-refractivity contribution in [2.75, 3.05) is 19.6 Å². The minimum Gasteiger partial charge on any atom is -0.309 e. The average Bonchev–Trinajstić information content (AvgIpc) is 3.00. The summed E-state index contributed by atoms with van der Waals surface area (Å²) in [5.74, 6) is -0.0744. The van der Waals surface area contributed by atoms with E-state index in [1.807, 2.05) is 28.8 Å². The second-order valence-corrected chi connectivity index (χ2v) is 6.69. The van der Waals surface area contributed by atoms with Crippen LogP contribution in [0.4, 0.5) is 0 Å². The maximum Gasteiger partial charge on any atom is 0.203 e. The molecule has 0 aliphatic carbocycles. The van der Waals surface area contributed by atoms with Crippen LogP contribution in [0.3, 0.4) is 0 Å². The molecule has 29 heavy (non-hydrogen) atoms. The van der Waals surface area contributed by atoms with Gasteiger partial charge in [-0.3, -0.25) is 10.2 Å². The largest absolute Gasteiger partial charge is 0.309 e. The first kappa shape index (κ1) is 22.6. The number of carbonyl (C=O) groups is 1. The molecular formula is C22H26BrN5O. The number of carbonyl (C=O) groups excluding carboxylic acids is 1. The Hall–Kier alpha value is -2.69. The summed E-state index contributed by atoms with van der Waals surface area (Å²) in [5, 5.41) is 17.6. The third-order valence-corrected chi connectivity index (χ3v) is 5.15. The Labute approximate surface area is 181 Å². The molecule has 0 saturated carbocycles. The SMILES string of the molecule is Br.CCN(CC)CCn1c(=N)n(CC(=O)c2ccc(C#N)cc2)c2ccccc21. The molecule has 3 rings (SSSR count). The van der Waals surface area contributed by atoms with Gasteiger partial charge in [0.1, 0.15) is 0 Å². The molecule has 7 heteroatoms. The Bertz CT molecular complexity index is 1070. The van der Waals surface area contributed by atoms with Crippen LogP contribution in [0.1, 0.15) is 29.8 Å². The number of nitrogens with one attached hydrogen (secondary N) is 1. The van der Waals surface area contributed by atoms with E-state index in [-0.39, 0.29) is 29.3 Å². The number of Topliss-reactive ketones (excluding diaryl/α,β-unsaturated/α-hetero) is 1. The zero-order valence-electron chi connectivity index (χ0n) is 16.8. The predicted octanol–water partition coefficient (Wildman–Crippen LogP) is 3.60. The van der Waals surface area contributed by atoms with Gasteiger partial charge in [-0.05, 0) is 37.4 Å². The monoisotopic (exact) mass is 455 g/mol. The van der Waals surface area contributed by atoms with Crippen LogP contribution in [0.2, 0.25) is 0 Å². The van der Waals surface area contributed by atoms with Crippen molar-refractivity contribution in [1.82, 2.24) is 14.0 Å². The second kappa shape index (κ2) is 10.2. The highest BCUT2D eigenvalue weighted by Gasteiger charge is 2.15. The molecule has 0 radical (unpaired) electrons. The lowest BCUT2D eigenvalue weighted by molar-refractivity contribution is 0.0971. The molecule has 0 bridgehead atoms. The van der Waals surface area contributed by atoms with Crippen molar-refractivity contribution in [3.63, 3.8) is 0 Å². The number of hydrogen-bond acceptors (Lipinski definition) is 4. The molecule has 0 saturated heterocycles. The molecular weight excluding hydrogens is 430 g/mol. The Balaban J connectivity index is 0.00000300. The molecule has 0 unspecified atom stereocenters. The van der Waals surface area contributed by atoms with Gasteiger partial charge in [-0.25, -0.2) is 0 Å². The number of nitriles is 1. The zero-order valence-corrected chi connectivity index (χ0v) is 18.5. The summed E-state index contributed by atoms with van der Waals surface area (Å²) in [5.41, 5.74) is 3.25. The molecule has 1 aromatic heterocycles. The molecule has 0 aliphatic rings. The molecule has 2 aromatic carbocycles. The maximum absolute atomic E-state index is 12.8. The van der Waals surface area contributed by atoms with Gasteiger partial charge in [0, 0.05) is 18.7 Å². The first-order valence-electron chi connectivity index (χ1n) is 9.57. The number of hydrogen-bond donors (Lipinski definition) is 1. The molecule has 0 atom stereocenters. The minimum absolute atomic E-state index is 0. The number of fused-ring (bicyclic) bond motifs is 1. The van der Waals surface area contributed by atoms with E-state index in [4.69, 9.17) is 10.7 Å². The van der Waals surface area contributed by atoms with Gasteiger partial charge < -0.3 is 14.0 Å². The Morgan fingerprint density at radius 2 is 1.62 bits per heavy atom. The molecule has 0 amide bonds. The Kier molecular flexibility index (Phi) is 7.94. The van der Waals surface area contributed by atoms with Crippen LogP contribution in [-0.4, -0.2) is 39.5 Å². The number of likely N-dealkylation sites (N-methyl/N-ethyl adjacent to an activating group) is 1. The second-order valence-electron chi connectivity index (χ2n) is 6.69. The van der Waals surface area contributed by atoms with Crippen LogP contribution in [0.25, 0.3) is 11.0 Å². The smallest absolute Gasteiger partial charge is 0.203 e. The summed E-state index contributed by atoms with van der Waals surface area (Å²) < 4.78 is 3.73. The summed E-state index contributed by atoms with van der Waals surface area (Å²) in [6.07, 6.45) is 0. The van der Waals surface area contributed by atoms with E-state index >= 15 is 0 Å². The normalized spacial score (nSPS) is 10.7. The van der Waals surface area contributed by atoms with E-state index in [2.05, 4.69) is 24.8 Å². The third-order valence-electron chi connectivity index (χ3n) is 5.15. The van der Waals surface area contributed by atoms with Crippen LogP contribution in [0.15, 0.2) is 48.5 Å². The zero-order chi connectivity index (χ0) is 20.1. The van der Waals surface area contributed by atoms with Crippen molar-refractivity contribution in [1.29, 1.82) is 10.7 Å². The quantitative estimate of drug-likeness (QED) is 0.527. The molecule has 0 spiro atoms. The van der Waals surface area contributed by atoms with Crippen molar-refractivity contribution in [2.45, 2.75) is 26.9 Å². The van der Waals surface area contributed by atoms with Gasteiger partial charge in [0.15, 0.2) is 5.78 Å². The number of rotatable bonds is 8. The number of imidazole rings is 1. The molecule has 0 fully saturated rings. The van der Waals surface area contributed by atoms with Gasteiger partial charge in [-0.15, -0.1) is 17.0 Å². The van der Waals surface area contributed by atoms with Gasteiger partial charge in [0.25, 0.3) is 0 Å². The highest BCUT2D eigenvalue weighted by molar-refractivity contribution is 8.93. The molecule has 3 aromatic rings. The highest BCUT2D eigenvalue weighted by Crippen LogP contribution is 2.14. The number of benzene rings is 2.